The maximum absolute atomic E-state index is 10.4. The molecule has 0 aliphatic heterocycles. The lowest BCUT2D eigenvalue weighted by molar-refractivity contribution is -0.555. The Morgan fingerprint density at radius 2 is 2.25 bits per heavy atom. The number of carboxylic acid groups (broad SMARTS) is 1. The van der Waals surface area contributed by atoms with Gasteiger partial charge in [0.1, 0.15) is 0 Å². The van der Waals surface area contributed by atoms with Gasteiger partial charge >= 0.3 is 11.6 Å². The standard InChI is InChI=1S/C6H12N2O4/c1-2-3-4-6(7,5(9)10)8(11)12/h2-4,7H2,1H3,(H,9,10). The molecule has 0 rings (SSSR count). The Morgan fingerprint density at radius 1 is 1.75 bits per heavy atom. The molecule has 6 nitrogen and oxygen atoms in total. The Labute approximate surface area is 69.5 Å². The van der Waals surface area contributed by atoms with E-state index >= 15 is 0 Å². The molecule has 0 saturated heterocycles. The molecular weight excluding hydrogens is 164 g/mol. The van der Waals surface area contributed by atoms with Gasteiger partial charge in [-0.15, -0.1) is 0 Å². The minimum atomic E-state index is -2.31. The van der Waals surface area contributed by atoms with E-state index < -0.39 is 16.6 Å². The minimum Gasteiger partial charge on any atom is -0.475 e. The topological polar surface area (TPSA) is 106 Å². The van der Waals surface area contributed by atoms with Gasteiger partial charge in [-0.3, -0.25) is 15.8 Å². The van der Waals surface area contributed by atoms with Gasteiger partial charge in [-0.25, -0.2) is 4.79 Å². The number of unbranched alkanes of at least 4 members (excludes halogenated alkanes) is 1. The zero-order chi connectivity index (χ0) is 9.78. The molecule has 0 aromatic heterocycles. The van der Waals surface area contributed by atoms with Gasteiger partial charge in [-0.2, -0.15) is 0 Å². The lowest BCUT2D eigenvalue weighted by atomic mass is 10.1. The largest absolute Gasteiger partial charge is 0.475 e. The highest BCUT2D eigenvalue weighted by Crippen LogP contribution is 2.12. The summed E-state index contributed by atoms with van der Waals surface area (Å²) in [5.41, 5.74) is 2.76. The second-order valence-electron chi connectivity index (χ2n) is 2.59. The summed E-state index contributed by atoms with van der Waals surface area (Å²) in [7, 11) is 0. The highest BCUT2D eigenvalue weighted by molar-refractivity contribution is 5.76. The number of aliphatic carboxylic acids is 1. The number of rotatable bonds is 5. The first-order valence-corrected chi connectivity index (χ1v) is 3.62. The SMILES string of the molecule is CCCCC(N)(C(=O)O)[N+](=O)[O-]. The van der Waals surface area contributed by atoms with Crippen LogP contribution in [0.5, 0.6) is 0 Å². The van der Waals surface area contributed by atoms with Crippen molar-refractivity contribution in [3.63, 3.8) is 0 Å². The van der Waals surface area contributed by atoms with Crippen LogP contribution in [0.1, 0.15) is 26.2 Å². The fourth-order valence-electron chi connectivity index (χ4n) is 0.723. The zero-order valence-electron chi connectivity index (χ0n) is 6.82. The van der Waals surface area contributed by atoms with E-state index in [-0.39, 0.29) is 6.42 Å². The number of nitrogens with two attached hydrogens (primary N) is 1. The Morgan fingerprint density at radius 3 is 2.50 bits per heavy atom. The van der Waals surface area contributed by atoms with E-state index in [1.54, 1.807) is 0 Å². The molecule has 12 heavy (non-hydrogen) atoms. The van der Waals surface area contributed by atoms with Gasteiger partial charge in [0.25, 0.3) is 0 Å². The third-order valence-corrected chi connectivity index (χ3v) is 1.61. The Hall–Kier alpha value is -1.17. The number of carbonyl (C=O) groups is 1. The smallest absolute Gasteiger partial charge is 0.398 e. The summed E-state index contributed by atoms with van der Waals surface area (Å²) in [4.78, 5) is 19.7. The van der Waals surface area contributed by atoms with Crippen molar-refractivity contribution in [3.8, 4) is 0 Å². The third kappa shape index (κ3) is 2.16. The fourth-order valence-corrected chi connectivity index (χ4v) is 0.723. The number of hydrogen-bond donors (Lipinski definition) is 2. The molecule has 0 amide bonds. The summed E-state index contributed by atoms with van der Waals surface area (Å²) in [5.74, 6) is -1.58. The molecule has 0 aliphatic rings. The molecule has 1 unspecified atom stereocenters. The van der Waals surface area contributed by atoms with Crippen molar-refractivity contribution in [1.29, 1.82) is 0 Å². The first-order valence-electron chi connectivity index (χ1n) is 3.62. The van der Waals surface area contributed by atoms with E-state index in [9.17, 15) is 14.9 Å². The van der Waals surface area contributed by atoms with Gasteiger partial charge in [-0.1, -0.05) is 13.3 Å². The van der Waals surface area contributed by atoms with E-state index in [2.05, 4.69) is 0 Å². The average Bonchev–Trinajstić information content (AvgIpc) is 1.99. The molecule has 1 atom stereocenters. The van der Waals surface area contributed by atoms with Gasteiger partial charge in [0, 0.05) is 6.42 Å². The van der Waals surface area contributed by atoms with Crippen LogP contribution in [0, 0.1) is 10.1 Å². The maximum Gasteiger partial charge on any atom is 0.398 e. The zero-order valence-corrected chi connectivity index (χ0v) is 6.82. The van der Waals surface area contributed by atoms with Crippen LogP contribution < -0.4 is 5.73 Å². The van der Waals surface area contributed by atoms with Crippen LogP contribution in [0.15, 0.2) is 0 Å². The van der Waals surface area contributed by atoms with E-state index in [4.69, 9.17) is 10.8 Å². The lowest BCUT2D eigenvalue weighted by Crippen LogP contribution is -2.54. The van der Waals surface area contributed by atoms with Crippen LogP contribution in [0.3, 0.4) is 0 Å². The van der Waals surface area contributed by atoms with Crippen LogP contribution in [0.25, 0.3) is 0 Å². The molecule has 0 saturated carbocycles. The summed E-state index contributed by atoms with van der Waals surface area (Å²) in [6.07, 6.45) is 0.982. The number of nitrogens with zero attached hydrogens (tertiary/aromatic N) is 1. The third-order valence-electron chi connectivity index (χ3n) is 1.61. The molecule has 0 bridgehead atoms. The second-order valence-corrected chi connectivity index (χ2v) is 2.59. The molecule has 0 aromatic carbocycles. The maximum atomic E-state index is 10.4. The van der Waals surface area contributed by atoms with Crippen molar-refractivity contribution >= 4 is 5.97 Å². The van der Waals surface area contributed by atoms with Crippen LogP contribution in [0.4, 0.5) is 0 Å². The normalized spacial score (nSPS) is 15.2. The highest BCUT2D eigenvalue weighted by atomic mass is 16.6. The predicted octanol–water partition coefficient (Wildman–Crippen LogP) is 0.193. The molecule has 3 N–H and O–H groups in total. The molecule has 70 valence electrons. The van der Waals surface area contributed by atoms with Gasteiger partial charge in [0.2, 0.25) is 0 Å². The molecule has 0 heterocycles. The van der Waals surface area contributed by atoms with Crippen molar-refractivity contribution < 1.29 is 14.8 Å². The molecule has 0 radical (unpaired) electrons. The Balaban J connectivity index is 4.40. The predicted molar refractivity (Wildman–Crippen MR) is 41.1 cm³/mol. The molecule has 6 heteroatoms. The quantitative estimate of drug-likeness (QED) is 0.353. The monoisotopic (exact) mass is 176 g/mol. The van der Waals surface area contributed by atoms with Crippen molar-refractivity contribution in [2.24, 2.45) is 5.73 Å². The molecule has 0 aromatic rings. The number of carboxylic acids is 1. The van der Waals surface area contributed by atoms with E-state index in [0.717, 1.165) is 0 Å². The lowest BCUT2D eigenvalue weighted by Gasteiger charge is -2.14. The van der Waals surface area contributed by atoms with E-state index in [1.807, 2.05) is 6.92 Å². The number of nitro groups is 1. The van der Waals surface area contributed by atoms with Gasteiger partial charge in [0.05, 0.1) is 4.92 Å². The van der Waals surface area contributed by atoms with Crippen LogP contribution in [-0.2, 0) is 4.79 Å². The Kier molecular flexibility index (Phi) is 3.62. The van der Waals surface area contributed by atoms with Crippen molar-refractivity contribution in [1.82, 2.24) is 0 Å². The van der Waals surface area contributed by atoms with E-state index in [0.29, 0.717) is 12.8 Å². The summed E-state index contributed by atoms with van der Waals surface area (Å²) in [6.45, 7) is 1.81. The van der Waals surface area contributed by atoms with E-state index in [1.165, 1.54) is 0 Å². The fraction of sp³-hybridized carbons (Fsp3) is 0.833. The van der Waals surface area contributed by atoms with Crippen molar-refractivity contribution in [2.45, 2.75) is 31.8 Å². The van der Waals surface area contributed by atoms with Crippen LogP contribution in [-0.4, -0.2) is 21.7 Å². The summed E-state index contributed by atoms with van der Waals surface area (Å²) in [5, 5.41) is 18.7. The first kappa shape index (κ1) is 10.8. The van der Waals surface area contributed by atoms with Gasteiger partial charge < -0.3 is 5.11 Å². The molecule has 0 fully saturated rings. The van der Waals surface area contributed by atoms with Crippen LogP contribution >= 0.6 is 0 Å². The van der Waals surface area contributed by atoms with Crippen molar-refractivity contribution in [2.75, 3.05) is 0 Å². The number of hydrogen-bond acceptors (Lipinski definition) is 4. The van der Waals surface area contributed by atoms with Gasteiger partial charge in [-0.05, 0) is 6.42 Å². The first-order chi connectivity index (χ1) is 5.45. The molecule has 0 aliphatic carbocycles. The summed E-state index contributed by atoms with van der Waals surface area (Å²) >= 11 is 0. The Bertz CT molecular complexity index is 178. The summed E-state index contributed by atoms with van der Waals surface area (Å²) < 4.78 is 0. The highest BCUT2D eigenvalue weighted by Gasteiger charge is 2.46. The molecule has 0 spiro atoms. The van der Waals surface area contributed by atoms with Crippen molar-refractivity contribution in [3.05, 3.63) is 10.1 Å². The minimum absolute atomic E-state index is 0.133. The molecular formula is C6H12N2O4. The second kappa shape index (κ2) is 4.01. The summed E-state index contributed by atoms with van der Waals surface area (Å²) in [6, 6.07) is 0. The van der Waals surface area contributed by atoms with Crippen LogP contribution in [0.2, 0.25) is 0 Å². The van der Waals surface area contributed by atoms with Gasteiger partial charge in [0.15, 0.2) is 0 Å². The average molecular weight is 176 g/mol.